The monoisotopic (exact) mass is 447 g/mol. The number of ether oxygens (including phenoxy) is 2. The summed E-state index contributed by atoms with van der Waals surface area (Å²) < 4.78 is 13.9. The zero-order valence-corrected chi connectivity index (χ0v) is 19.5. The van der Waals surface area contributed by atoms with E-state index >= 15 is 0 Å². The van der Waals surface area contributed by atoms with Crippen LogP contribution in [0.1, 0.15) is 42.6 Å². The minimum Gasteiger partial charge on any atom is -0.497 e. The van der Waals surface area contributed by atoms with Crippen LogP contribution in [-0.2, 0) is 19.6 Å². The van der Waals surface area contributed by atoms with Crippen LogP contribution >= 0.6 is 0 Å². The molecule has 1 saturated carbocycles. The fourth-order valence-corrected chi connectivity index (χ4v) is 4.10. The molecule has 7 heteroatoms. The molecule has 0 spiro atoms. The minimum absolute atomic E-state index is 0.289. The molecule has 0 saturated heterocycles. The molecule has 2 N–H and O–H groups in total. The Balaban J connectivity index is 1.35. The van der Waals surface area contributed by atoms with E-state index in [0.717, 1.165) is 42.3 Å². The minimum atomic E-state index is 0.289. The molecule has 4 rings (SSSR count). The lowest BCUT2D eigenvalue weighted by Crippen LogP contribution is -2.37. The van der Waals surface area contributed by atoms with Gasteiger partial charge in [-0.25, -0.2) is 4.98 Å². The maximum Gasteiger partial charge on any atom is 0.191 e. The first-order chi connectivity index (χ1) is 16.2. The first-order valence-electron chi connectivity index (χ1n) is 11.6. The lowest BCUT2D eigenvalue weighted by atomic mass is 10.2. The SMILES string of the molecule is CN=C(NCc1ccc(OC)cc1OC1CCCC1)NCc1nccn1Cc1ccccc1. The van der Waals surface area contributed by atoms with Gasteiger partial charge < -0.3 is 24.7 Å². The zero-order chi connectivity index (χ0) is 22.9. The molecule has 174 valence electrons. The average Bonchev–Trinajstić information content (AvgIpc) is 3.52. The van der Waals surface area contributed by atoms with E-state index in [1.54, 1.807) is 14.2 Å². The summed E-state index contributed by atoms with van der Waals surface area (Å²) in [7, 11) is 3.45. The van der Waals surface area contributed by atoms with Crippen molar-refractivity contribution in [3.63, 3.8) is 0 Å². The Morgan fingerprint density at radius 2 is 1.88 bits per heavy atom. The fraction of sp³-hybridized carbons (Fsp3) is 0.385. The number of aromatic nitrogens is 2. The van der Waals surface area contributed by atoms with E-state index in [1.807, 2.05) is 30.6 Å². The van der Waals surface area contributed by atoms with Crippen LogP contribution in [0.3, 0.4) is 0 Å². The Bertz CT molecular complexity index is 1040. The number of rotatable bonds is 9. The predicted molar refractivity (Wildman–Crippen MR) is 131 cm³/mol. The third-order valence-electron chi connectivity index (χ3n) is 5.95. The summed E-state index contributed by atoms with van der Waals surface area (Å²) in [5, 5.41) is 6.77. The quantitative estimate of drug-likeness (QED) is 0.381. The molecule has 1 aliphatic carbocycles. The first-order valence-corrected chi connectivity index (χ1v) is 11.6. The van der Waals surface area contributed by atoms with Gasteiger partial charge in [-0.15, -0.1) is 0 Å². The summed E-state index contributed by atoms with van der Waals surface area (Å²) in [5.41, 5.74) is 2.32. The third kappa shape index (κ3) is 6.28. The smallest absolute Gasteiger partial charge is 0.191 e. The molecule has 0 aliphatic heterocycles. The van der Waals surface area contributed by atoms with Crippen molar-refractivity contribution in [2.45, 2.75) is 51.4 Å². The van der Waals surface area contributed by atoms with Gasteiger partial charge >= 0.3 is 0 Å². The molecule has 33 heavy (non-hydrogen) atoms. The largest absolute Gasteiger partial charge is 0.497 e. The summed E-state index contributed by atoms with van der Waals surface area (Å²) in [6.45, 7) is 1.97. The van der Waals surface area contributed by atoms with Crippen molar-refractivity contribution in [3.05, 3.63) is 77.9 Å². The maximum absolute atomic E-state index is 6.31. The molecule has 1 heterocycles. The van der Waals surface area contributed by atoms with Gasteiger partial charge in [-0.3, -0.25) is 4.99 Å². The Morgan fingerprint density at radius 3 is 2.64 bits per heavy atom. The van der Waals surface area contributed by atoms with Gasteiger partial charge in [0.05, 0.1) is 19.8 Å². The number of hydrogen-bond donors (Lipinski definition) is 2. The molecule has 0 bridgehead atoms. The number of methoxy groups -OCH3 is 1. The number of nitrogens with one attached hydrogen (secondary N) is 2. The highest BCUT2D eigenvalue weighted by atomic mass is 16.5. The second-order valence-electron chi connectivity index (χ2n) is 8.23. The lowest BCUT2D eigenvalue weighted by molar-refractivity contribution is 0.207. The van der Waals surface area contributed by atoms with Crippen LogP contribution in [0.2, 0.25) is 0 Å². The number of guanidine groups is 1. The second-order valence-corrected chi connectivity index (χ2v) is 8.23. The average molecular weight is 448 g/mol. The van der Waals surface area contributed by atoms with E-state index in [1.165, 1.54) is 18.4 Å². The fourth-order valence-electron chi connectivity index (χ4n) is 4.10. The van der Waals surface area contributed by atoms with Gasteiger partial charge in [0.15, 0.2) is 5.96 Å². The molecule has 1 aromatic heterocycles. The molecular formula is C26H33N5O2. The van der Waals surface area contributed by atoms with Crippen molar-refractivity contribution < 1.29 is 9.47 Å². The van der Waals surface area contributed by atoms with Gasteiger partial charge in [0, 0.05) is 44.2 Å². The van der Waals surface area contributed by atoms with Crippen LogP contribution in [0.5, 0.6) is 11.5 Å². The summed E-state index contributed by atoms with van der Waals surface area (Å²) in [6, 6.07) is 16.4. The highest BCUT2D eigenvalue weighted by molar-refractivity contribution is 5.79. The van der Waals surface area contributed by atoms with Crippen molar-refractivity contribution in [3.8, 4) is 11.5 Å². The summed E-state index contributed by atoms with van der Waals surface area (Å²) >= 11 is 0. The zero-order valence-electron chi connectivity index (χ0n) is 19.5. The van der Waals surface area contributed by atoms with Gasteiger partial charge in [0.2, 0.25) is 0 Å². The highest BCUT2D eigenvalue weighted by Crippen LogP contribution is 2.30. The van der Waals surface area contributed by atoms with E-state index in [9.17, 15) is 0 Å². The van der Waals surface area contributed by atoms with Crippen LogP contribution in [0.25, 0.3) is 0 Å². The highest BCUT2D eigenvalue weighted by Gasteiger charge is 2.18. The first kappa shape index (κ1) is 22.7. The number of aliphatic imine (C=N–C) groups is 1. The topological polar surface area (TPSA) is 72.7 Å². The third-order valence-corrected chi connectivity index (χ3v) is 5.95. The number of nitrogens with zero attached hydrogens (tertiary/aromatic N) is 3. The maximum atomic E-state index is 6.31. The van der Waals surface area contributed by atoms with Crippen LogP contribution in [0.4, 0.5) is 0 Å². The molecule has 1 fully saturated rings. The molecule has 0 unspecified atom stereocenters. The number of imidazole rings is 1. The molecule has 3 aromatic rings. The Hall–Kier alpha value is -3.48. The Labute approximate surface area is 195 Å². The van der Waals surface area contributed by atoms with Crippen molar-refractivity contribution in [2.24, 2.45) is 4.99 Å². The molecule has 7 nitrogen and oxygen atoms in total. The van der Waals surface area contributed by atoms with E-state index < -0.39 is 0 Å². The van der Waals surface area contributed by atoms with Crippen LogP contribution in [-0.4, -0.2) is 35.8 Å². The van der Waals surface area contributed by atoms with Crippen molar-refractivity contribution in [2.75, 3.05) is 14.2 Å². The van der Waals surface area contributed by atoms with Crippen LogP contribution in [0.15, 0.2) is 65.9 Å². The van der Waals surface area contributed by atoms with Gasteiger partial charge in [0.25, 0.3) is 0 Å². The van der Waals surface area contributed by atoms with E-state index in [2.05, 4.69) is 55.5 Å². The van der Waals surface area contributed by atoms with Crippen molar-refractivity contribution in [1.29, 1.82) is 0 Å². The van der Waals surface area contributed by atoms with E-state index in [-0.39, 0.29) is 6.10 Å². The molecular weight excluding hydrogens is 414 g/mol. The lowest BCUT2D eigenvalue weighted by Gasteiger charge is -2.19. The molecule has 0 radical (unpaired) electrons. The predicted octanol–water partition coefficient (Wildman–Crippen LogP) is 4.13. The van der Waals surface area contributed by atoms with Gasteiger partial charge in [-0.05, 0) is 43.4 Å². The second kappa shape index (κ2) is 11.4. The normalized spacial score (nSPS) is 14.3. The molecule has 1 aliphatic rings. The standard InChI is InChI=1S/C26H33N5O2/c1-27-26(30-18-25-28-14-15-31(25)19-20-8-4-3-5-9-20)29-17-21-12-13-23(32-2)16-24(21)33-22-10-6-7-11-22/h3-5,8-9,12-16,22H,6-7,10-11,17-19H2,1-2H3,(H2,27,29,30). The van der Waals surface area contributed by atoms with Gasteiger partial charge in [-0.2, -0.15) is 0 Å². The summed E-state index contributed by atoms with van der Waals surface area (Å²) in [4.78, 5) is 8.89. The Kier molecular flexibility index (Phi) is 7.85. The summed E-state index contributed by atoms with van der Waals surface area (Å²) in [5.74, 6) is 3.35. The van der Waals surface area contributed by atoms with E-state index in [0.29, 0.717) is 19.0 Å². The molecule has 2 aromatic carbocycles. The summed E-state index contributed by atoms with van der Waals surface area (Å²) in [6.07, 6.45) is 8.82. The number of benzene rings is 2. The number of hydrogen-bond acceptors (Lipinski definition) is 4. The van der Waals surface area contributed by atoms with Crippen molar-refractivity contribution in [1.82, 2.24) is 20.2 Å². The van der Waals surface area contributed by atoms with Crippen LogP contribution < -0.4 is 20.1 Å². The van der Waals surface area contributed by atoms with Gasteiger partial charge in [0.1, 0.15) is 17.3 Å². The molecule has 0 atom stereocenters. The van der Waals surface area contributed by atoms with E-state index in [4.69, 9.17) is 9.47 Å². The Morgan fingerprint density at radius 1 is 1.09 bits per heavy atom. The van der Waals surface area contributed by atoms with Gasteiger partial charge in [-0.1, -0.05) is 30.3 Å². The van der Waals surface area contributed by atoms with Crippen molar-refractivity contribution >= 4 is 5.96 Å². The molecule has 0 amide bonds. The van der Waals surface area contributed by atoms with Crippen LogP contribution in [0, 0.1) is 0 Å².